The van der Waals surface area contributed by atoms with Crippen molar-refractivity contribution in [3.8, 4) is 11.4 Å². The highest BCUT2D eigenvalue weighted by Gasteiger charge is 2.09. The van der Waals surface area contributed by atoms with E-state index in [4.69, 9.17) is 0 Å². The Kier molecular flexibility index (Phi) is 3.65. The summed E-state index contributed by atoms with van der Waals surface area (Å²) in [6.07, 6.45) is 6.37. The van der Waals surface area contributed by atoms with E-state index in [1.807, 2.05) is 35.3 Å². The Labute approximate surface area is 147 Å². The molecule has 6 nitrogen and oxygen atoms in total. The molecular weight excluding hydrogens is 368 g/mol. The molecule has 0 aliphatic carbocycles. The molecule has 3 heterocycles. The van der Waals surface area contributed by atoms with Crippen LogP contribution in [0.1, 0.15) is 17.1 Å². The molecule has 7 heteroatoms. The second-order valence-corrected chi connectivity index (χ2v) is 6.66. The van der Waals surface area contributed by atoms with Crippen LogP contribution in [0.3, 0.4) is 0 Å². The number of rotatable bonds is 3. The summed E-state index contributed by atoms with van der Waals surface area (Å²) in [5, 5.41) is 8.35. The number of benzene rings is 1. The van der Waals surface area contributed by atoms with Crippen molar-refractivity contribution in [2.75, 3.05) is 0 Å². The summed E-state index contributed by atoms with van der Waals surface area (Å²) in [5.74, 6) is 2.44. The van der Waals surface area contributed by atoms with Gasteiger partial charge in [0.1, 0.15) is 11.6 Å². The minimum Gasteiger partial charge on any atom is -0.334 e. The summed E-state index contributed by atoms with van der Waals surface area (Å²) in [5.41, 5.74) is 3.29. The lowest BCUT2D eigenvalue weighted by atomic mass is 10.1. The molecular formula is C17H15BrN6. The van der Waals surface area contributed by atoms with Gasteiger partial charge in [-0.15, -0.1) is 10.2 Å². The molecule has 0 unspecified atom stereocenters. The molecule has 0 bridgehead atoms. The van der Waals surface area contributed by atoms with Crippen LogP contribution in [0.5, 0.6) is 0 Å². The zero-order valence-corrected chi connectivity index (χ0v) is 14.9. The summed E-state index contributed by atoms with van der Waals surface area (Å²) in [4.78, 5) is 8.80. The average molecular weight is 383 g/mol. The molecule has 0 N–H and O–H groups in total. The van der Waals surface area contributed by atoms with Gasteiger partial charge in [0.2, 0.25) is 0 Å². The van der Waals surface area contributed by atoms with Crippen LogP contribution in [-0.4, -0.2) is 29.1 Å². The first-order valence-electron chi connectivity index (χ1n) is 7.54. The van der Waals surface area contributed by atoms with Crippen molar-refractivity contribution in [3.63, 3.8) is 0 Å². The van der Waals surface area contributed by atoms with E-state index in [-0.39, 0.29) is 0 Å². The molecule has 24 heavy (non-hydrogen) atoms. The molecule has 4 rings (SSSR count). The number of aryl methyl sites for hydroxylation is 2. The number of imidazole rings is 1. The number of halogens is 1. The van der Waals surface area contributed by atoms with Gasteiger partial charge in [0.05, 0.1) is 10.2 Å². The molecule has 0 aliphatic heterocycles. The number of hydrogen-bond acceptors (Lipinski definition) is 4. The lowest BCUT2D eigenvalue weighted by molar-refractivity contribution is 0.921. The van der Waals surface area contributed by atoms with E-state index in [9.17, 15) is 0 Å². The highest BCUT2D eigenvalue weighted by Crippen LogP contribution is 2.20. The molecule has 0 aliphatic rings. The zero-order chi connectivity index (χ0) is 16.7. The van der Waals surface area contributed by atoms with E-state index >= 15 is 0 Å². The van der Waals surface area contributed by atoms with Crippen molar-refractivity contribution in [2.45, 2.75) is 13.3 Å². The van der Waals surface area contributed by atoms with Gasteiger partial charge in [-0.2, -0.15) is 0 Å². The zero-order valence-electron chi connectivity index (χ0n) is 13.3. The first-order chi connectivity index (χ1) is 11.6. The number of nitrogens with zero attached hydrogens (tertiary/aromatic N) is 6. The molecule has 0 saturated heterocycles. The van der Waals surface area contributed by atoms with Gasteiger partial charge in [-0.05, 0) is 28.4 Å². The first kappa shape index (κ1) is 15.0. The van der Waals surface area contributed by atoms with Gasteiger partial charge in [0, 0.05) is 37.6 Å². The van der Waals surface area contributed by atoms with E-state index in [1.54, 1.807) is 6.20 Å². The largest absolute Gasteiger partial charge is 0.334 e. The third kappa shape index (κ3) is 2.71. The SMILES string of the molecule is Cc1cn(C)c(-c2ccc(Cc3nnc4ncc(Br)cn34)cc2)n1. The predicted molar refractivity (Wildman–Crippen MR) is 94.7 cm³/mol. The Bertz CT molecular complexity index is 1020. The van der Waals surface area contributed by atoms with E-state index in [0.29, 0.717) is 12.2 Å². The Hall–Kier alpha value is -2.54. The maximum Gasteiger partial charge on any atom is 0.255 e. The topological polar surface area (TPSA) is 60.9 Å². The highest BCUT2D eigenvalue weighted by atomic mass is 79.9. The summed E-state index contributed by atoms with van der Waals surface area (Å²) >= 11 is 3.43. The maximum absolute atomic E-state index is 4.56. The Morgan fingerprint density at radius 3 is 2.58 bits per heavy atom. The Balaban J connectivity index is 1.63. The lowest BCUT2D eigenvalue weighted by Crippen LogP contribution is -1.98. The molecule has 0 atom stereocenters. The summed E-state index contributed by atoms with van der Waals surface area (Å²) in [7, 11) is 2.01. The van der Waals surface area contributed by atoms with Gasteiger partial charge in [0.15, 0.2) is 0 Å². The molecule has 3 aromatic heterocycles. The molecule has 0 spiro atoms. The molecule has 120 valence electrons. The third-order valence-electron chi connectivity index (χ3n) is 3.88. The van der Waals surface area contributed by atoms with Gasteiger partial charge in [-0.3, -0.25) is 4.40 Å². The van der Waals surface area contributed by atoms with Gasteiger partial charge in [-0.25, -0.2) is 9.97 Å². The lowest BCUT2D eigenvalue weighted by Gasteiger charge is -2.04. The molecule has 0 amide bonds. The van der Waals surface area contributed by atoms with Gasteiger partial charge in [0.25, 0.3) is 5.78 Å². The number of hydrogen-bond donors (Lipinski definition) is 0. The fourth-order valence-electron chi connectivity index (χ4n) is 2.77. The summed E-state index contributed by atoms with van der Waals surface area (Å²) in [6.45, 7) is 2.00. The van der Waals surface area contributed by atoms with Crippen LogP contribution in [0.4, 0.5) is 0 Å². The molecule has 1 aromatic carbocycles. The van der Waals surface area contributed by atoms with E-state index < -0.39 is 0 Å². The van der Waals surface area contributed by atoms with Gasteiger partial charge >= 0.3 is 0 Å². The van der Waals surface area contributed by atoms with Crippen LogP contribution in [0.2, 0.25) is 0 Å². The molecule has 0 saturated carbocycles. The van der Waals surface area contributed by atoms with Crippen molar-refractivity contribution >= 4 is 21.7 Å². The maximum atomic E-state index is 4.56. The fourth-order valence-corrected chi connectivity index (χ4v) is 3.08. The van der Waals surface area contributed by atoms with Crippen LogP contribution >= 0.6 is 15.9 Å². The summed E-state index contributed by atoms with van der Waals surface area (Å²) in [6, 6.07) is 8.39. The smallest absolute Gasteiger partial charge is 0.255 e. The third-order valence-corrected chi connectivity index (χ3v) is 4.28. The number of fused-ring (bicyclic) bond motifs is 1. The Morgan fingerprint density at radius 2 is 1.88 bits per heavy atom. The van der Waals surface area contributed by atoms with Crippen molar-refractivity contribution < 1.29 is 0 Å². The monoisotopic (exact) mass is 382 g/mol. The average Bonchev–Trinajstić information content (AvgIpc) is 3.11. The second kappa shape index (κ2) is 5.83. The summed E-state index contributed by atoms with van der Waals surface area (Å²) < 4.78 is 4.84. The molecule has 0 radical (unpaired) electrons. The predicted octanol–water partition coefficient (Wildman–Crippen LogP) is 3.19. The second-order valence-electron chi connectivity index (χ2n) is 5.75. The first-order valence-corrected chi connectivity index (χ1v) is 8.34. The van der Waals surface area contributed by atoms with Crippen molar-refractivity contribution in [1.82, 2.24) is 29.1 Å². The highest BCUT2D eigenvalue weighted by molar-refractivity contribution is 9.10. The van der Waals surface area contributed by atoms with E-state index in [0.717, 1.165) is 27.4 Å². The Morgan fingerprint density at radius 1 is 1.08 bits per heavy atom. The molecule has 4 aromatic rings. The fraction of sp³-hybridized carbons (Fsp3) is 0.176. The minimum atomic E-state index is 0.605. The van der Waals surface area contributed by atoms with E-state index in [2.05, 4.69) is 60.4 Å². The standard InChI is InChI=1S/C17H15BrN6/c1-11-9-23(2)16(20-11)13-5-3-12(4-6-13)7-15-21-22-17-19-8-14(18)10-24(15)17/h3-6,8-10H,7H2,1-2H3. The van der Waals surface area contributed by atoms with Crippen molar-refractivity contribution in [2.24, 2.45) is 7.05 Å². The van der Waals surface area contributed by atoms with Crippen LogP contribution in [0, 0.1) is 6.92 Å². The number of aromatic nitrogens is 6. The van der Waals surface area contributed by atoms with Crippen molar-refractivity contribution in [3.05, 3.63) is 64.4 Å². The van der Waals surface area contributed by atoms with Gasteiger partial charge < -0.3 is 4.57 Å². The minimum absolute atomic E-state index is 0.605. The van der Waals surface area contributed by atoms with Crippen LogP contribution in [0.15, 0.2) is 47.3 Å². The van der Waals surface area contributed by atoms with Crippen LogP contribution in [0.25, 0.3) is 17.2 Å². The van der Waals surface area contributed by atoms with Crippen LogP contribution in [-0.2, 0) is 13.5 Å². The van der Waals surface area contributed by atoms with Gasteiger partial charge in [-0.1, -0.05) is 24.3 Å². The van der Waals surface area contributed by atoms with Crippen LogP contribution < -0.4 is 0 Å². The molecule has 0 fully saturated rings. The van der Waals surface area contributed by atoms with Crippen molar-refractivity contribution in [1.29, 1.82) is 0 Å². The quantitative estimate of drug-likeness (QED) is 0.545. The van der Waals surface area contributed by atoms with E-state index in [1.165, 1.54) is 5.56 Å². The normalized spacial score (nSPS) is 11.3.